The molecule has 2 aromatic rings. The van der Waals surface area contributed by atoms with Crippen LogP contribution in [0.3, 0.4) is 0 Å². The fourth-order valence-corrected chi connectivity index (χ4v) is 4.34. The Morgan fingerprint density at radius 1 is 1.16 bits per heavy atom. The molecule has 4 rings (SSSR count). The SMILES string of the molecule is CNc1nc([C@H]2CCN(C(=O)c3ccc(COC)cc3)C2)nc2c1CN(C(C)=O)CC2. The van der Waals surface area contributed by atoms with Crippen LogP contribution < -0.4 is 5.32 Å². The summed E-state index contributed by atoms with van der Waals surface area (Å²) in [6.07, 6.45) is 1.57. The summed E-state index contributed by atoms with van der Waals surface area (Å²) in [5, 5.41) is 3.17. The molecule has 1 atom stereocenters. The molecule has 8 nitrogen and oxygen atoms in total. The number of carbonyl (C=O) groups excluding carboxylic acids is 2. The fraction of sp³-hybridized carbons (Fsp3) is 0.478. The Morgan fingerprint density at radius 3 is 2.61 bits per heavy atom. The topological polar surface area (TPSA) is 87.7 Å². The van der Waals surface area contributed by atoms with Crippen molar-refractivity contribution in [3.05, 3.63) is 52.5 Å². The smallest absolute Gasteiger partial charge is 0.253 e. The summed E-state index contributed by atoms with van der Waals surface area (Å²) in [5.41, 5.74) is 3.73. The molecule has 0 unspecified atom stereocenters. The van der Waals surface area contributed by atoms with Crippen molar-refractivity contribution in [1.82, 2.24) is 19.8 Å². The normalized spacial score (nSPS) is 18.1. The number of aromatic nitrogens is 2. The van der Waals surface area contributed by atoms with Gasteiger partial charge in [0.2, 0.25) is 5.91 Å². The molecule has 1 N–H and O–H groups in total. The molecule has 164 valence electrons. The first-order chi connectivity index (χ1) is 15.0. The summed E-state index contributed by atoms with van der Waals surface area (Å²) in [7, 11) is 3.50. The van der Waals surface area contributed by atoms with E-state index < -0.39 is 0 Å². The van der Waals surface area contributed by atoms with Gasteiger partial charge < -0.3 is 19.9 Å². The van der Waals surface area contributed by atoms with Crippen LogP contribution in [0.2, 0.25) is 0 Å². The maximum absolute atomic E-state index is 13.0. The maximum atomic E-state index is 13.0. The van der Waals surface area contributed by atoms with Crippen LogP contribution in [0.5, 0.6) is 0 Å². The molecule has 1 fully saturated rings. The van der Waals surface area contributed by atoms with E-state index in [4.69, 9.17) is 14.7 Å². The predicted molar refractivity (Wildman–Crippen MR) is 117 cm³/mol. The van der Waals surface area contributed by atoms with Crippen molar-refractivity contribution in [3.8, 4) is 0 Å². The summed E-state index contributed by atoms with van der Waals surface area (Å²) < 4.78 is 5.13. The zero-order chi connectivity index (χ0) is 22.0. The van der Waals surface area contributed by atoms with E-state index in [2.05, 4.69) is 5.32 Å². The summed E-state index contributed by atoms with van der Waals surface area (Å²) >= 11 is 0. The third-order valence-electron chi connectivity index (χ3n) is 6.11. The number of benzene rings is 1. The van der Waals surface area contributed by atoms with Crippen molar-refractivity contribution >= 4 is 17.6 Å². The van der Waals surface area contributed by atoms with Crippen LogP contribution in [-0.2, 0) is 29.1 Å². The number of hydrogen-bond donors (Lipinski definition) is 1. The molecular formula is C23H29N5O3. The minimum absolute atomic E-state index is 0.0374. The number of likely N-dealkylation sites (tertiary alicyclic amines) is 1. The largest absolute Gasteiger partial charge is 0.380 e. The number of methoxy groups -OCH3 is 1. The quantitative estimate of drug-likeness (QED) is 0.793. The van der Waals surface area contributed by atoms with Crippen molar-refractivity contribution in [3.63, 3.8) is 0 Å². The number of ether oxygens (including phenoxy) is 1. The number of hydrogen-bond acceptors (Lipinski definition) is 6. The Kier molecular flexibility index (Phi) is 6.18. The lowest BCUT2D eigenvalue weighted by Crippen LogP contribution is -2.35. The highest BCUT2D eigenvalue weighted by atomic mass is 16.5. The number of amides is 2. The first kappa shape index (κ1) is 21.2. The Balaban J connectivity index is 1.49. The number of rotatable bonds is 5. The molecule has 0 aliphatic carbocycles. The van der Waals surface area contributed by atoms with Gasteiger partial charge in [-0.15, -0.1) is 0 Å². The van der Waals surface area contributed by atoms with E-state index in [0.717, 1.165) is 41.3 Å². The molecule has 0 bridgehead atoms. The number of anilines is 1. The van der Waals surface area contributed by atoms with E-state index in [1.807, 2.05) is 41.1 Å². The molecule has 8 heteroatoms. The predicted octanol–water partition coefficient (Wildman–Crippen LogP) is 2.20. The summed E-state index contributed by atoms with van der Waals surface area (Å²) in [6.45, 7) is 4.64. The van der Waals surface area contributed by atoms with Gasteiger partial charge in [-0.1, -0.05) is 12.1 Å². The molecule has 31 heavy (non-hydrogen) atoms. The van der Waals surface area contributed by atoms with E-state index in [9.17, 15) is 9.59 Å². The van der Waals surface area contributed by atoms with Crippen LogP contribution in [0, 0.1) is 0 Å². The Bertz CT molecular complexity index is 959. The third kappa shape index (κ3) is 4.39. The second kappa shape index (κ2) is 9.01. The van der Waals surface area contributed by atoms with Gasteiger partial charge >= 0.3 is 0 Å². The van der Waals surface area contributed by atoms with Crippen molar-refractivity contribution in [2.45, 2.75) is 38.8 Å². The third-order valence-corrected chi connectivity index (χ3v) is 6.11. The van der Waals surface area contributed by atoms with Gasteiger partial charge in [-0.2, -0.15) is 0 Å². The summed E-state index contributed by atoms with van der Waals surface area (Å²) in [4.78, 5) is 38.1. The van der Waals surface area contributed by atoms with Crippen molar-refractivity contribution < 1.29 is 14.3 Å². The molecule has 0 radical (unpaired) electrons. The van der Waals surface area contributed by atoms with Gasteiger partial charge in [0.1, 0.15) is 11.6 Å². The van der Waals surface area contributed by atoms with Gasteiger partial charge in [0.15, 0.2) is 0 Å². The Labute approximate surface area is 182 Å². The lowest BCUT2D eigenvalue weighted by atomic mass is 10.0. The zero-order valence-electron chi connectivity index (χ0n) is 18.4. The fourth-order valence-electron chi connectivity index (χ4n) is 4.34. The summed E-state index contributed by atoms with van der Waals surface area (Å²) in [5.74, 6) is 1.78. The molecule has 0 spiro atoms. The van der Waals surface area contributed by atoms with Crippen LogP contribution in [-0.4, -0.2) is 65.4 Å². The van der Waals surface area contributed by atoms with Gasteiger partial charge in [0, 0.05) is 64.2 Å². The number of fused-ring (bicyclic) bond motifs is 1. The van der Waals surface area contributed by atoms with Gasteiger partial charge in [-0.3, -0.25) is 9.59 Å². The lowest BCUT2D eigenvalue weighted by Gasteiger charge is -2.29. The minimum atomic E-state index is 0.0374. The van der Waals surface area contributed by atoms with E-state index >= 15 is 0 Å². The number of nitrogens with zero attached hydrogens (tertiary/aromatic N) is 4. The Hall–Kier alpha value is -3.00. The highest BCUT2D eigenvalue weighted by molar-refractivity contribution is 5.94. The van der Waals surface area contributed by atoms with Crippen LogP contribution in [0.15, 0.2) is 24.3 Å². The summed E-state index contributed by atoms with van der Waals surface area (Å²) in [6, 6.07) is 7.58. The van der Waals surface area contributed by atoms with E-state index in [-0.39, 0.29) is 17.7 Å². The lowest BCUT2D eigenvalue weighted by molar-refractivity contribution is -0.129. The highest BCUT2D eigenvalue weighted by Gasteiger charge is 2.32. The van der Waals surface area contributed by atoms with E-state index in [0.29, 0.717) is 38.3 Å². The standard InChI is InChI=1S/C23H29N5O3/c1-15(29)27-11-9-20-19(13-27)22(24-2)26-21(25-20)18-8-10-28(12-18)23(30)17-6-4-16(5-7-17)14-31-3/h4-7,18H,8-14H2,1-3H3,(H,24,25,26)/t18-/m0/s1. The molecule has 2 aliphatic heterocycles. The number of carbonyl (C=O) groups is 2. The average molecular weight is 424 g/mol. The van der Waals surface area contributed by atoms with E-state index in [1.54, 1.807) is 14.0 Å². The molecule has 2 aliphatic rings. The first-order valence-corrected chi connectivity index (χ1v) is 10.7. The minimum Gasteiger partial charge on any atom is -0.380 e. The zero-order valence-corrected chi connectivity index (χ0v) is 18.4. The van der Waals surface area contributed by atoms with Gasteiger partial charge in [0.25, 0.3) is 5.91 Å². The Morgan fingerprint density at radius 2 is 1.94 bits per heavy atom. The molecular weight excluding hydrogens is 394 g/mol. The van der Waals surface area contributed by atoms with Crippen LogP contribution in [0.1, 0.15) is 52.3 Å². The molecule has 3 heterocycles. The first-order valence-electron chi connectivity index (χ1n) is 10.7. The van der Waals surface area contributed by atoms with Crippen molar-refractivity contribution in [2.75, 3.05) is 39.1 Å². The molecule has 2 amide bonds. The second-order valence-electron chi connectivity index (χ2n) is 8.16. The van der Waals surface area contributed by atoms with Crippen LogP contribution in [0.4, 0.5) is 5.82 Å². The van der Waals surface area contributed by atoms with Crippen molar-refractivity contribution in [2.24, 2.45) is 0 Å². The van der Waals surface area contributed by atoms with Crippen LogP contribution in [0.25, 0.3) is 0 Å². The van der Waals surface area contributed by atoms with Crippen molar-refractivity contribution in [1.29, 1.82) is 0 Å². The highest BCUT2D eigenvalue weighted by Crippen LogP contribution is 2.30. The second-order valence-corrected chi connectivity index (χ2v) is 8.16. The van der Waals surface area contributed by atoms with Crippen LogP contribution >= 0.6 is 0 Å². The maximum Gasteiger partial charge on any atom is 0.253 e. The number of nitrogens with one attached hydrogen (secondary N) is 1. The molecule has 1 aromatic heterocycles. The average Bonchev–Trinajstić information content (AvgIpc) is 3.28. The monoisotopic (exact) mass is 423 g/mol. The molecule has 1 aromatic carbocycles. The molecule has 1 saturated heterocycles. The van der Waals surface area contributed by atoms with Gasteiger partial charge in [-0.05, 0) is 24.1 Å². The van der Waals surface area contributed by atoms with Gasteiger partial charge in [-0.25, -0.2) is 9.97 Å². The van der Waals surface area contributed by atoms with Gasteiger partial charge in [0.05, 0.1) is 18.8 Å². The van der Waals surface area contributed by atoms with E-state index in [1.165, 1.54) is 0 Å². The molecule has 0 saturated carbocycles.